The van der Waals surface area contributed by atoms with Crippen molar-refractivity contribution >= 4 is 5.97 Å². The van der Waals surface area contributed by atoms with Crippen molar-refractivity contribution in [2.45, 2.75) is 12.5 Å². The van der Waals surface area contributed by atoms with E-state index in [1.807, 2.05) is 0 Å². The third-order valence-corrected chi connectivity index (χ3v) is 3.76. The second-order valence-electron chi connectivity index (χ2n) is 5.75. The molecule has 0 aliphatic heterocycles. The number of nitrogens with zero attached hydrogens (tertiary/aromatic N) is 1. The van der Waals surface area contributed by atoms with Crippen LogP contribution in [0, 0.1) is 5.82 Å². The maximum atomic E-state index is 13.2. The summed E-state index contributed by atoms with van der Waals surface area (Å²) in [6, 6.07) is 13.3. The molecule has 5 nitrogen and oxygen atoms in total. The first-order valence-corrected chi connectivity index (χ1v) is 7.94. The van der Waals surface area contributed by atoms with Crippen molar-refractivity contribution in [3.8, 4) is 11.5 Å². The van der Waals surface area contributed by atoms with Crippen molar-refractivity contribution < 1.29 is 23.8 Å². The van der Waals surface area contributed by atoms with Crippen molar-refractivity contribution in [2.75, 3.05) is 27.2 Å². The van der Waals surface area contributed by atoms with Crippen molar-refractivity contribution in [3.63, 3.8) is 0 Å². The molecule has 0 fully saturated rings. The van der Waals surface area contributed by atoms with Gasteiger partial charge in [-0.1, -0.05) is 12.1 Å². The van der Waals surface area contributed by atoms with Crippen LogP contribution in [0.15, 0.2) is 48.5 Å². The Morgan fingerprint density at radius 2 is 1.72 bits per heavy atom. The molecule has 0 aliphatic rings. The molecule has 0 amide bonds. The number of likely N-dealkylation sites (N-methyl/N-ethyl adjacent to an activating group) is 1. The van der Waals surface area contributed by atoms with Gasteiger partial charge >= 0.3 is 5.97 Å². The van der Waals surface area contributed by atoms with Gasteiger partial charge in [0.05, 0.1) is 13.7 Å². The van der Waals surface area contributed by atoms with E-state index >= 15 is 0 Å². The van der Waals surface area contributed by atoms with Gasteiger partial charge in [-0.2, -0.15) is 0 Å². The number of hydrogen-bond acceptors (Lipinski definition) is 4. The van der Waals surface area contributed by atoms with Gasteiger partial charge in [0.25, 0.3) is 0 Å². The Balaban J connectivity index is 2.10. The molecule has 0 saturated carbocycles. The molecule has 1 unspecified atom stereocenters. The molecule has 0 saturated heterocycles. The molecule has 134 valence electrons. The Morgan fingerprint density at radius 1 is 1.12 bits per heavy atom. The maximum absolute atomic E-state index is 13.2. The highest BCUT2D eigenvalue weighted by molar-refractivity contribution is 5.68. The van der Waals surface area contributed by atoms with E-state index in [0.29, 0.717) is 18.7 Å². The third kappa shape index (κ3) is 6.08. The molecule has 2 aromatic rings. The van der Waals surface area contributed by atoms with Crippen LogP contribution in [-0.2, 0) is 4.79 Å². The quantitative estimate of drug-likeness (QED) is 0.754. The first-order chi connectivity index (χ1) is 12.0. The number of methoxy groups -OCH3 is 1. The number of halogens is 1. The van der Waals surface area contributed by atoms with Gasteiger partial charge in [0.15, 0.2) is 0 Å². The zero-order valence-electron chi connectivity index (χ0n) is 14.3. The van der Waals surface area contributed by atoms with E-state index < -0.39 is 5.97 Å². The van der Waals surface area contributed by atoms with Gasteiger partial charge in [-0.25, -0.2) is 4.39 Å². The van der Waals surface area contributed by atoms with Crippen LogP contribution in [0.5, 0.6) is 11.5 Å². The zero-order chi connectivity index (χ0) is 18.2. The summed E-state index contributed by atoms with van der Waals surface area (Å²) in [7, 11) is 3.33. The fourth-order valence-corrected chi connectivity index (χ4v) is 2.44. The molecule has 6 heteroatoms. The zero-order valence-corrected chi connectivity index (χ0v) is 14.3. The summed E-state index contributed by atoms with van der Waals surface area (Å²) in [6.07, 6.45) is 0.256. The Labute approximate surface area is 146 Å². The normalized spacial score (nSPS) is 12.0. The smallest absolute Gasteiger partial charge is 0.317 e. The van der Waals surface area contributed by atoms with Gasteiger partial charge in [-0.05, 0) is 49.0 Å². The van der Waals surface area contributed by atoms with Crippen LogP contribution in [0.25, 0.3) is 0 Å². The lowest BCUT2D eigenvalue weighted by atomic mass is 10.1. The average molecular weight is 347 g/mol. The predicted octanol–water partition coefficient (Wildman–Crippen LogP) is 3.36. The first kappa shape index (κ1) is 18.7. The fraction of sp³-hybridized carbons (Fsp3) is 0.316. The topological polar surface area (TPSA) is 59.0 Å². The summed E-state index contributed by atoms with van der Waals surface area (Å²) in [5, 5.41) is 8.85. The SMILES string of the molecule is COc1ccc(OC(CCN(C)CC(=O)O)c2ccc(F)cc2)cc1. The number of carboxylic acid groups (broad SMARTS) is 1. The summed E-state index contributed by atoms with van der Waals surface area (Å²) in [6.45, 7) is 0.489. The Kier molecular flexibility index (Phi) is 6.77. The van der Waals surface area contributed by atoms with Gasteiger partial charge in [-0.15, -0.1) is 0 Å². The Morgan fingerprint density at radius 3 is 2.28 bits per heavy atom. The Hall–Kier alpha value is -2.60. The van der Waals surface area contributed by atoms with E-state index in [0.717, 1.165) is 11.3 Å². The molecule has 0 spiro atoms. The van der Waals surface area contributed by atoms with Crippen LogP contribution in [-0.4, -0.2) is 43.2 Å². The highest BCUT2D eigenvalue weighted by Gasteiger charge is 2.16. The van der Waals surface area contributed by atoms with Crippen LogP contribution in [0.3, 0.4) is 0 Å². The molecular weight excluding hydrogens is 325 g/mol. The maximum Gasteiger partial charge on any atom is 0.317 e. The van der Waals surface area contributed by atoms with Crippen molar-refractivity contribution in [1.82, 2.24) is 4.90 Å². The highest BCUT2D eigenvalue weighted by atomic mass is 19.1. The monoisotopic (exact) mass is 347 g/mol. The number of benzene rings is 2. The van der Waals surface area contributed by atoms with Crippen LogP contribution in [0.2, 0.25) is 0 Å². The molecule has 1 N–H and O–H groups in total. The molecule has 0 aliphatic carbocycles. The molecular formula is C19H22FNO4. The number of carboxylic acids is 1. The van der Waals surface area contributed by atoms with E-state index in [4.69, 9.17) is 14.6 Å². The van der Waals surface area contributed by atoms with Gasteiger partial charge in [0, 0.05) is 13.0 Å². The fourth-order valence-electron chi connectivity index (χ4n) is 2.44. The summed E-state index contributed by atoms with van der Waals surface area (Å²) in [4.78, 5) is 12.5. The lowest BCUT2D eigenvalue weighted by Gasteiger charge is -2.22. The lowest BCUT2D eigenvalue weighted by Crippen LogP contribution is -2.28. The van der Waals surface area contributed by atoms with Gasteiger partial charge in [0.1, 0.15) is 23.4 Å². The molecule has 0 radical (unpaired) electrons. The summed E-state index contributed by atoms with van der Waals surface area (Å²) in [5.41, 5.74) is 0.834. The third-order valence-electron chi connectivity index (χ3n) is 3.76. The molecule has 1 atom stereocenters. The van der Waals surface area contributed by atoms with Gasteiger partial charge in [-0.3, -0.25) is 9.69 Å². The van der Waals surface area contributed by atoms with Crippen LogP contribution in [0.1, 0.15) is 18.1 Å². The lowest BCUT2D eigenvalue weighted by molar-refractivity contribution is -0.138. The summed E-state index contributed by atoms with van der Waals surface area (Å²) >= 11 is 0. The first-order valence-electron chi connectivity index (χ1n) is 7.94. The number of ether oxygens (including phenoxy) is 2. The van der Waals surface area contributed by atoms with Crippen molar-refractivity contribution in [1.29, 1.82) is 0 Å². The largest absolute Gasteiger partial charge is 0.497 e. The minimum Gasteiger partial charge on any atom is -0.497 e. The minimum absolute atomic E-state index is 0.0430. The van der Waals surface area contributed by atoms with Crippen LogP contribution < -0.4 is 9.47 Å². The van der Waals surface area contributed by atoms with E-state index in [2.05, 4.69) is 0 Å². The van der Waals surface area contributed by atoms with E-state index in [1.54, 1.807) is 55.5 Å². The number of rotatable bonds is 9. The van der Waals surface area contributed by atoms with Crippen LogP contribution >= 0.6 is 0 Å². The second-order valence-corrected chi connectivity index (χ2v) is 5.75. The standard InChI is InChI=1S/C19H22FNO4/c1-21(13-19(22)23)12-11-18(14-3-5-15(20)6-4-14)25-17-9-7-16(24-2)8-10-17/h3-10,18H,11-13H2,1-2H3,(H,22,23). The van der Waals surface area contributed by atoms with Crippen molar-refractivity contribution in [2.24, 2.45) is 0 Å². The molecule has 0 aromatic heterocycles. The number of aliphatic carboxylic acids is 1. The minimum atomic E-state index is -0.878. The van der Waals surface area contributed by atoms with Gasteiger partial charge < -0.3 is 14.6 Å². The van der Waals surface area contributed by atoms with E-state index in [1.165, 1.54) is 12.1 Å². The van der Waals surface area contributed by atoms with Crippen molar-refractivity contribution in [3.05, 3.63) is 59.9 Å². The van der Waals surface area contributed by atoms with E-state index in [-0.39, 0.29) is 18.5 Å². The number of hydrogen-bond donors (Lipinski definition) is 1. The molecule has 0 heterocycles. The van der Waals surface area contributed by atoms with E-state index in [9.17, 15) is 9.18 Å². The molecule has 0 bridgehead atoms. The van der Waals surface area contributed by atoms with Crippen LogP contribution in [0.4, 0.5) is 4.39 Å². The average Bonchev–Trinajstić information content (AvgIpc) is 2.59. The predicted molar refractivity (Wildman–Crippen MR) is 92.5 cm³/mol. The summed E-state index contributed by atoms with van der Waals surface area (Å²) < 4.78 is 24.4. The Bertz CT molecular complexity index is 673. The molecule has 2 aromatic carbocycles. The highest BCUT2D eigenvalue weighted by Crippen LogP contribution is 2.27. The number of carbonyl (C=O) groups is 1. The second kappa shape index (κ2) is 9.03. The summed E-state index contributed by atoms with van der Waals surface area (Å²) in [5.74, 6) is 0.203. The molecule has 2 rings (SSSR count). The molecule has 25 heavy (non-hydrogen) atoms. The van der Waals surface area contributed by atoms with Gasteiger partial charge in [0.2, 0.25) is 0 Å².